The van der Waals surface area contributed by atoms with Gasteiger partial charge in [0.2, 0.25) is 0 Å². The molecule has 0 heterocycles. The molecule has 0 aliphatic heterocycles. The lowest BCUT2D eigenvalue weighted by Gasteiger charge is -2.36. The summed E-state index contributed by atoms with van der Waals surface area (Å²) < 4.78 is 73.8. The molecule has 0 spiro atoms. The standard InChI is InChI=1S/C51H80O13/c1-2-3-4-5-6-16-23-52-24-25-53-26-27-54-28-29-55-30-31-56-32-33-57-34-35-58-36-37-59-38-39-60-40-41-61-42-43-62-44-45-63-46-47-64-51(48-17-10-7-11-18-48,49-19-12-8-13-20-49)50-21-14-9-15-22-50/h7-15,17-22H,2-6,16,23-47H2,1H3. The van der Waals surface area contributed by atoms with Crippen molar-refractivity contribution in [2.45, 2.75) is 51.0 Å². The highest BCUT2D eigenvalue weighted by atomic mass is 16.6. The van der Waals surface area contributed by atoms with Gasteiger partial charge in [-0.25, -0.2) is 0 Å². The molecule has 3 aromatic carbocycles. The van der Waals surface area contributed by atoms with Gasteiger partial charge in [-0.15, -0.1) is 0 Å². The fraction of sp³-hybridized carbons (Fsp3) is 0.647. The molecule has 0 fully saturated rings. The van der Waals surface area contributed by atoms with Crippen LogP contribution < -0.4 is 0 Å². The third-order valence-electron chi connectivity index (χ3n) is 9.82. The molecule has 0 atom stereocenters. The quantitative estimate of drug-likeness (QED) is 0.0410. The highest BCUT2D eigenvalue weighted by Gasteiger charge is 2.37. The van der Waals surface area contributed by atoms with E-state index in [-0.39, 0.29) is 0 Å². The number of rotatable bonds is 47. The molecule has 0 aromatic heterocycles. The third kappa shape index (κ3) is 27.6. The van der Waals surface area contributed by atoms with Crippen LogP contribution in [0.5, 0.6) is 0 Å². The van der Waals surface area contributed by atoms with Gasteiger partial charge in [-0.2, -0.15) is 0 Å². The lowest BCUT2D eigenvalue weighted by atomic mass is 9.80. The summed E-state index contributed by atoms with van der Waals surface area (Å²) >= 11 is 0. The minimum atomic E-state index is -0.754. The zero-order valence-corrected chi connectivity index (χ0v) is 38.9. The zero-order chi connectivity index (χ0) is 45.0. The Morgan fingerprint density at radius 1 is 0.250 bits per heavy atom. The number of ether oxygens (including phenoxy) is 13. The van der Waals surface area contributed by atoms with Gasteiger partial charge in [0.15, 0.2) is 0 Å². The highest BCUT2D eigenvalue weighted by Crippen LogP contribution is 2.40. The van der Waals surface area contributed by atoms with Gasteiger partial charge < -0.3 is 61.6 Å². The molecule has 0 saturated carbocycles. The Morgan fingerprint density at radius 2 is 0.469 bits per heavy atom. The topological polar surface area (TPSA) is 120 Å². The van der Waals surface area contributed by atoms with Crippen LogP contribution in [0.3, 0.4) is 0 Å². The Morgan fingerprint density at radius 3 is 0.734 bits per heavy atom. The first-order chi connectivity index (χ1) is 31.9. The van der Waals surface area contributed by atoms with Gasteiger partial charge >= 0.3 is 0 Å². The summed E-state index contributed by atoms with van der Waals surface area (Å²) in [6.45, 7) is 15.3. The van der Waals surface area contributed by atoms with Crippen molar-refractivity contribution in [2.24, 2.45) is 0 Å². The van der Waals surface area contributed by atoms with Gasteiger partial charge in [0, 0.05) is 6.61 Å². The smallest absolute Gasteiger partial charge is 0.143 e. The van der Waals surface area contributed by atoms with Crippen LogP contribution in [0.25, 0.3) is 0 Å². The molecule has 0 N–H and O–H groups in total. The second-order valence-electron chi connectivity index (χ2n) is 14.7. The lowest BCUT2D eigenvalue weighted by Crippen LogP contribution is -2.34. The second kappa shape index (κ2) is 41.6. The Balaban J connectivity index is 0.982. The van der Waals surface area contributed by atoms with Crippen LogP contribution in [0.15, 0.2) is 91.0 Å². The molecule has 13 heteroatoms. The van der Waals surface area contributed by atoms with E-state index in [4.69, 9.17) is 61.6 Å². The Bertz CT molecular complexity index is 1290. The summed E-state index contributed by atoms with van der Waals surface area (Å²) in [5.74, 6) is 0. The predicted molar refractivity (Wildman–Crippen MR) is 248 cm³/mol. The van der Waals surface area contributed by atoms with Gasteiger partial charge in [-0.3, -0.25) is 0 Å². The largest absolute Gasteiger partial charge is 0.379 e. The van der Waals surface area contributed by atoms with E-state index in [1.165, 1.54) is 32.1 Å². The van der Waals surface area contributed by atoms with E-state index in [0.29, 0.717) is 159 Å². The minimum Gasteiger partial charge on any atom is -0.379 e. The molecule has 362 valence electrons. The van der Waals surface area contributed by atoms with E-state index in [0.717, 1.165) is 29.7 Å². The van der Waals surface area contributed by atoms with E-state index in [1.807, 2.05) is 54.6 Å². The molecule has 0 unspecified atom stereocenters. The summed E-state index contributed by atoms with van der Waals surface area (Å²) in [6.07, 6.45) is 7.66. The molecule has 3 aromatic rings. The van der Waals surface area contributed by atoms with Crippen molar-refractivity contribution in [2.75, 3.05) is 165 Å². The Labute approximate surface area is 384 Å². The second-order valence-corrected chi connectivity index (χ2v) is 14.7. The maximum absolute atomic E-state index is 6.74. The predicted octanol–water partition coefficient (Wildman–Crippen LogP) is 7.55. The molecule has 3 rings (SSSR count). The highest BCUT2D eigenvalue weighted by molar-refractivity contribution is 5.47. The van der Waals surface area contributed by atoms with E-state index in [9.17, 15) is 0 Å². The van der Waals surface area contributed by atoms with Gasteiger partial charge in [-0.1, -0.05) is 130 Å². The van der Waals surface area contributed by atoms with Crippen LogP contribution in [0.2, 0.25) is 0 Å². The molecule has 0 amide bonds. The first kappa shape index (κ1) is 55.5. The minimum absolute atomic E-state index is 0.415. The summed E-state index contributed by atoms with van der Waals surface area (Å²) in [4.78, 5) is 0. The first-order valence-electron chi connectivity index (χ1n) is 23.6. The van der Waals surface area contributed by atoms with Crippen molar-refractivity contribution < 1.29 is 61.6 Å². The van der Waals surface area contributed by atoms with E-state index >= 15 is 0 Å². The Hall–Kier alpha value is -2.86. The SMILES string of the molecule is CCCCCCCCOCCOCCOCCOCCOCCOCCOCCOCCOCCOCCOCCOCCOC(c1ccccc1)(c1ccccc1)c1ccccc1. The summed E-state index contributed by atoms with van der Waals surface area (Å²) in [5.41, 5.74) is 2.45. The van der Waals surface area contributed by atoms with Crippen LogP contribution in [-0.4, -0.2) is 165 Å². The normalized spacial score (nSPS) is 11.8. The van der Waals surface area contributed by atoms with Crippen molar-refractivity contribution in [3.05, 3.63) is 108 Å². The molecular formula is C51H80O13. The number of unbranched alkanes of at least 4 members (excludes halogenated alkanes) is 5. The lowest BCUT2D eigenvalue weighted by molar-refractivity contribution is -0.0399. The third-order valence-corrected chi connectivity index (χ3v) is 9.82. The average molecular weight is 901 g/mol. The van der Waals surface area contributed by atoms with Gasteiger partial charge in [0.05, 0.1) is 159 Å². The van der Waals surface area contributed by atoms with E-state index < -0.39 is 5.60 Å². The molecule has 0 aliphatic carbocycles. The number of benzene rings is 3. The molecular weight excluding hydrogens is 821 g/mol. The molecule has 0 bridgehead atoms. The average Bonchev–Trinajstić information content (AvgIpc) is 3.34. The number of hydrogen-bond acceptors (Lipinski definition) is 13. The van der Waals surface area contributed by atoms with E-state index in [2.05, 4.69) is 43.3 Å². The van der Waals surface area contributed by atoms with Crippen molar-refractivity contribution in [1.82, 2.24) is 0 Å². The fourth-order valence-corrected chi connectivity index (χ4v) is 6.53. The van der Waals surface area contributed by atoms with Crippen LogP contribution >= 0.6 is 0 Å². The molecule has 64 heavy (non-hydrogen) atoms. The van der Waals surface area contributed by atoms with Gasteiger partial charge in [0.1, 0.15) is 5.60 Å². The van der Waals surface area contributed by atoms with Crippen LogP contribution in [0, 0.1) is 0 Å². The fourth-order valence-electron chi connectivity index (χ4n) is 6.53. The molecule has 0 radical (unpaired) electrons. The summed E-state index contributed by atoms with van der Waals surface area (Å²) in [5, 5.41) is 0. The Kier molecular flexibility index (Phi) is 36.0. The van der Waals surface area contributed by atoms with Gasteiger partial charge in [0.25, 0.3) is 0 Å². The van der Waals surface area contributed by atoms with Gasteiger partial charge in [-0.05, 0) is 23.1 Å². The molecule has 13 nitrogen and oxygen atoms in total. The van der Waals surface area contributed by atoms with Crippen molar-refractivity contribution in [3.8, 4) is 0 Å². The monoisotopic (exact) mass is 901 g/mol. The molecule has 0 saturated heterocycles. The maximum atomic E-state index is 6.74. The van der Waals surface area contributed by atoms with Crippen LogP contribution in [0.1, 0.15) is 62.1 Å². The van der Waals surface area contributed by atoms with Crippen LogP contribution in [-0.2, 0) is 67.2 Å². The van der Waals surface area contributed by atoms with Crippen LogP contribution in [0.4, 0.5) is 0 Å². The number of hydrogen-bond donors (Lipinski definition) is 0. The first-order valence-corrected chi connectivity index (χ1v) is 23.6. The maximum Gasteiger partial charge on any atom is 0.143 e. The van der Waals surface area contributed by atoms with Crippen molar-refractivity contribution >= 4 is 0 Å². The summed E-state index contributed by atoms with van der Waals surface area (Å²) in [7, 11) is 0. The van der Waals surface area contributed by atoms with Crippen molar-refractivity contribution in [1.29, 1.82) is 0 Å². The van der Waals surface area contributed by atoms with Crippen molar-refractivity contribution in [3.63, 3.8) is 0 Å². The zero-order valence-electron chi connectivity index (χ0n) is 38.9. The summed E-state index contributed by atoms with van der Waals surface area (Å²) in [6, 6.07) is 31.0. The molecule has 0 aliphatic rings. The van der Waals surface area contributed by atoms with E-state index in [1.54, 1.807) is 0 Å².